The zero-order valence-corrected chi connectivity index (χ0v) is 24.2. The number of rotatable bonds is 8. The number of likely N-dealkylation sites (N-methyl/N-ethyl adjacent to an activating group) is 1. The van der Waals surface area contributed by atoms with Crippen molar-refractivity contribution in [2.45, 2.75) is 63.8 Å². The molecule has 42 heavy (non-hydrogen) atoms. The molecule has 0 radical (unpaired) electrons. The van der Waals surface area contributed by atoms with Gasteiger partial charge in [-0.1, -0.05) is 44.2 Å². The van der Waals surface area contributed by atoms with E-state index >= 15 is 0 Å². The lowest BCUT2D eigenvalue weighted by atomic mass is 9.48. The molecule has 9 nitrogen and oxygen atoms in total. The van der Waals surface area contributed by atoms with E-state index in [0.717, 1.165) is 54.6 Å². The second-order valence-corrected chi connectivity index (χ2v) is 12.6. The number of aliphatic carboxylic acids is 1. The molecule has 3 N–H and O–H groups in total. The Bertz CT molecular complexity index is 1380. The standard InChI is InChI=1S/C33H38N2O7/c1-19(2)29(30(38)35(3)32(40)41)34-31(39)42-27-10-9-25(24-7-4-20(5-8-24)6-11-28(36)37)15-26(27)33-16-21-12-22(17-33)14-23(13-21)18-33/h4-11,15,19,21-23,29H,12-14,16-18H2,1-3H3,(H,34,39)(H,36,37)(H,40,41)/t21?,22?,23?,29-,33?/m0/s1. The molecule has 0 spiro atoms. The first-order valence-corrected chi connectivity index (χ1v) is 14.6. The van der Waals surface area contributed by atoms with E-state index in [4.69, 9.17) is 9.84 Å². The summed E-state index contributed by atoms with van der Waals surface area (Å²) < 4.78 is 5.94. The Kier molecular flexibility index (Phi) is 8.12. The first-order chi connectivity index (χ1) is 19.9. The van der Waals surface area contributed by atoms with Gasteiger partial charge in [-0.15, -0.1) is 0 Å². The number of carbonyl (C=O) groups is 4. The number of hydrogen-bond acceptors (Lipinski definition) is 5. The predicted octanol–water partition coefficient (Wildman–Crippen LogP) is 6.17. The van der Waals surface area contributed by atoms with Crippen molar-refractivity contribution in [3.63, 3.8) is 0 Å². The molecule has 4 bridgehead atoms. The lowest BCUT2D eigenvalue weighted by Gasteiger charge is -2.57. The van der Waals surface area contributed by atoms with Gasteiger partial charge >= 0.3 is 18.2 Å². The van der Waals surface area contributed by atoms with Crippen molar-refractivity contribution in [3.05, 3.63) is 59.7 Å². The van der Waals surface area contributed by atoms with Gasteiger partial charge in [0.1, 0.15) is 11.8 Å². The van der Waals surface area contributed by atoms with Crippen LogP contribution in [0.15, 0.2) is 48.5 Å². The van der Waals surface area contributed by atoms with Gasteiger partial charge in [-0.2, -0.15) is 0 Å². The van der Waals surface area contributed by atoms with Crippen molar-refractivity contribution in [1.29, 1.82) is 0 Å². The maximum Gasteiger partial charge on any atom is 0.413 e. The third-order valence-corrected chi connectivity index (χ3v) is 9.28. The van der Waals surface area contributed by atoms with Crippen LogP contribution >= 0.6 is 0 Å². The van der Waals surface area contributed by atoms with Gasteiger partial charge in [0.25, 0.3) is 5.91 Å². The molecule has 0 aromatic heterocycles. The van der Waals surface area contributed by atoms with Crippen LogP contribution in [0.3, 0.4) is 0 Å². The number of carboxylic acid groups (broad SMARTS) is 2. The highest BCUT2D eigenvalue weighted by molar-refractivity contribution is 5.95. The number of ether oxygens (including phenoxy) is 1. The quantitative estimate of drug-likeness (QED) is 0.321. The lowest BCUT2D eigenvalue weighted by Crippen LogP contribution is -2.52. The minimum Gasteiger partial charge on any atom is -0.478 e. The van der Waals surface area contributed by atoms with E-state index < -0.39 is 30.1 Å². The molecule has 4 fully saturated rings. The van der Waals surface area contributed by atoms with Crippen LogP contribution in [-0.2, 0) is 15.0 Å². The van der Waals surface area contributed by atoms with E-state index in [2.05, 4.69) is 11.4 Å². The highest BCUT2D eigenvalue weighted by Crippen LogP contribution is 2.62. The number of carbonyl (C=O) groups excluding carboxylic acids is 2. The van der Waals surface area contributed by atoms with Crippen LogP contribution in [0.25, 0.3) is 17.2 Å². The summed E-state index contributed by atoms with van der Waals surface area (Å²) in [6.07, 6.45) is 7.39. The van der Waals surface area contributed by atoms with Gasteiger partial charge in [-0.25, -0.2) is 19.3 Å². The van der Waals surface area contributed by atoms with E-state index in [1.165, 1.54) is 19.3 Å². The lowest BCUT2D eigenvalue weighted by molar-refractivity contribution is -0.132. The number of benzene rings is 2. The van der Waals surface area contributed by atoms with Gasteiger partial charge in [0.05, 0.1) is 0 Å². The van der Waals surface area contributed by atoms with Crippen molar-refractivity contribution in [3.8, 4) is 16.9 Å². The Morgan fingerprint density at radius 2 is 1.50 bits per heavy atom. The number of nitrogens with zero attached hydrogens (tertiary/aromatic N) is 1. The van der Waals surface area contributed by atoms with Gasteiger partial charge in [-0.05, 0) is 103 Å². The largest absolute Gasteiger partial charge is 0.478 e. The molecule has 0 aliphatic heterocycles. The third kappa shape index (κ3) is 6.05. The third-order valence-electron chi connectivity index (χ3n) is 9.28. The van der Waals surface area contributed by atoms with Crippen LogP contribution in [0.4, 0.5) is 9.59 Å². The molecule has 4 aliphatic rings. The van der Waals surface area contributed by atoms with E-state index in [0.29, 0.717) is 28.4 Å². The zero-order valence-electron chi connectivity index (χ0n) is 24.2. The van der Waals surface area contributed by atoms with Crippen LogP contribution in [0.1, 0.15) is 63.5 Å². The second-order valence-electron chi connectivity index (χ2n) is 12.6. The monoisotopic (exact) mass is 574 g/mol. The molecule has 0 heterocycles. The van der Waals surface area contributed by atoms with Gasteiger partial charge in [-0.3, -0.25) is 4.79 Å². The average Bonchev–Trinajstić information content (AvgIpc) is 2.93. The van der Waals surface area contributed by atoms with Gasteiger partial charge in [0.2, 0.25) is 0 Å². The maximum absolute atomic E-state index is 13.2. The fourth-order valence-corrected chi connectivity index (χ4v) is 7.68. The minimum absolute atomic E-state index is 0.0959. The number of carboxylic acids is 1. The molecule has 3 amide bonds. The van der Waals surface area contributed by atoms with Gasteiger partial charge in [0.15, 0.2) is 0 Å². The maximum atomic E-state index is 13.2. The van der Waals surface area contributed by atoms with Crippen LogP contribution in [0.2, 0.25) is 0 Å². The van der Waals surface area contributed by atoms with E-state index in [1.807, 2.05) is 36.4 Å². The van der Waals surface area contributed by atoms with Crippen LogP contribution in [0.5, 0.6) is 5.75 Å². The molecule has 4 aliphatic carbocycles. The molecule has 4 saturated carbocycles. The number of hydrogen-bond donors (Lipinski definition) is 3. The summed E-state index contributed by atoms with van der Waals surface area (Å²) in [5.74, 6) is 0.361. The Morgan fingerprint density at radius 3 is 2.02 bits per heavy atom. The number of imide groups is 1. The normalized spacial score (nSPS) is 24.9. The summed E-state index contributed by atoms with van der Waals surface area (Å²) in [7, 11) is 1.16. The van der Waals surface area contributed by atoms with Crippen molar-refractivity contribution in [2.24, 2.45) is 23.7 Å². The predicted molar refractivity (Wildman–Crippen MR) is 157 cm³/mol. The molecule has 6 rings (SSSR count). The van der Waals surface area contributed by atoms with E-state index in [1.54, 1.807) is 19.9 Å². The fourth-order valence-electron chi connectivity index (χ4n) is 7.68. The summed E-state index contributed by atoms with van der Waals surface area (Å²) in [5.41, 5.74) is 3.62. The van der Waals surface area contributed by atoms with Crippen LogP contribution in [-0.4, -0.2) is 52.3 Å². The van der Waals surface area contributed by atoms with E-state index in [-0.39, 0.29) is 11.3 Å². The first kappa shape index (κ1) is 29.4. The number of nitrogens with one attached hydrogen (secondary N) is 1. The molecular formula is C33H38N2O7. The number of amides is 3. The van der Waals surface area contributed by atoms with Crippen molar-refractivity contribution >= 4 is 30.1 Å². The second kappa shape index (κ2) is 11.6. The molecule has 222 valence electrons. The molecule has 0 saturated heterocycles. The Hall–Kier alpha value is -4.14. The van der Waals surface area contributed by atoms with Crippen molar-refractivity contribution < 1.29 is 34.1 Å². The molecule has 9 heteroatoms. The van der Waals surface area contributed by atoms with Gasteiger partial charge < -0.3 is 20.3 Å². The highest BCUT2D eigenvalue weighted by atomic mass is 16.6. The van der Waals surface area contributed by atoms with E-state index in [9.17, 15) is 24.3 Å². The Morgan fingerprint density at radius 1 is 0.929 bits per heavy atom. The van der Waals surface area contributed by atoms with Crippen molar-refractivity contribution in [1.82, 2.24) is 10.2 Å². The summed E-state index contributed by atoms with van der Waals surface area (Å²) >= 11 is 0. The topological polar surface area (TPSA) is 133 Å². The molecular weight excluding hydrogens is 536 g/mol. The highest BCUT2D eigenvalue weighted by Gasteiger charge is 2.52. The molecule has 1 atom stereocenters. The van der Waals surface area contributed by atoms with Crippen molar-refractivity contribution in [2.75, 3.05) is 7.05 Å². The van der Waals surface area contributed by atoms with Crippen LogP contribution in [0, 0.1) is 23.7 Å². The Labute approximate surface area is 245 Å². The fraction of sp³-hybridized carbons (Fsp3) is 0.455. The molecule has 0 unspecified atom stereocenters. The van der Waals surface area contributed by atoms with Crippen LogP contribution < -0.4 is 10.1 Å². The van der Waals surface area contributed by atoms with Gasteiger partial charge in [0, 0.05) is 18.7 Å². The molecule has 2 aromatic rings. The zero-order chi connectivity index (χ0) is 30.2. The summed E-state index contributed by atoms with van der Waals surface area (Å²) in [5, 5.41) is 20.8. The SMILES string of the molecule is CC(C)[C@H](NC(=O)Oc1ccc(-c2ccc(C=CC(=O)O)cc2)cc1C12CC3CC(CC(C3)C1)C2)C(=O)N(C)C(=O)O. The minimum atomic E-state index is -1.40. The summed E-state index contributed by atoms with van der Waals surface area (Å²) in [4.78, 5) is 48.8. The smallest absolute Gasteiger partial charge is 0.413 e. The average molecular weight is 575 g/mol. The first-order valence-electron chi connectivity index (χ1n) is 14.6. The Balaban J connectivity index is 1.46. The summed E-state index contributed by atoms with van der Waals surface area (Å²) in [6.45, 7) is 3.47. The molecule has 2 aromatic carbocycles. The summed E-state index contributed by atoms with van der Waals surface area (Å²) in [6, 6.07) is 12.4.